The number of para-hydroxylation sites is 1. The van der Waals surface area contributed by atoms with Crippen molar-refractivity contribution in [1.29, 1.82) is 0 Å². The van der Waals surface area contributed by atoms with Gasteiger partial charge in [0.2, 0.25) is 5.91 Å². The summed E-state index contributed by atoms with van der Waals surface area (Å²) in [5, 5.41) is 3.96. The highest BCUT2D eigenvalue weighted by molar-refractivity contribution is 7.21. The maximum atomic E-state index is 12.1. The predicted molar refractivity (Wildman–Crippen MR) is 102 cm³/mol. The molecule has 128 valence electrons. The highest BCUT2D eigenvalue weighted by Crippen LogP contribution is 2.30. The average molecular weight is 352 g/mol. The van der Waals surface area contributed by atoms with Gasteiger partial charge in [0, 0.05) is 24.3 Å². The number of nitrogens with one attached hydrogen (secondary N) is 1. The number of anilines is 1. The van der Waals surface area contributed by atoms with E-state index in [2.05, 4.69) is 16.4 Å². The van der Waals surface area contributed by atoms with Crippen LogP contribution in [-0.4, -0.2) is 23.6 Å². The van der Waals surface area contributed by atoms with Gasteiger partial charge in [0.1, 0.15) is 5.01 Å². The minimum absolute atomic E-state index is 0.0447. The number of aromatic nitrogens is 1. The van der Waals surface area contributed by atoms with Crippen LogP contribution in [0.25, 0.3) is 20.8 Å². The molecule has 1 atom stereocenters. The lowest BCUT2D eigenvalue weighted by atomic mass is 10.1. The summed E-state index contributed by atoms with van der Waals surface area (Å²) in [4.78, 5) is 16.7. The third-order valence-corrected chi connectivity index (χ3v) is 5.51. The predicted octanol–water partition coefficient (Wildman–Crippen LogP) is 4.86. The van der Waals surface area contributed by atoms with Crippen molar-refractivity contribution < 1.29 is 9.53 Å². The van der Waals surface area contributed by atoms with E-state index in [0.717, 1.165) is 47.6 Å². The Morgan fingerprint density at radius 1 is 1.20 bits per heavy atom. The summed E-state index contributed by atoms with van der Waals surface area (Å²) < 4.78 is 6.74. The van der Waals surface area contributed by atoms with Crippen molar-refractivity contribution in [1.82, 2.24) is 4.98 Å². The molecule has 2 heterocycles. The zero-order chi connectivity index (χ0) is 17.1. The fourth-order valence-electron chi connectivity index (χ4n) is 3.08. The summed E-state index contributed by atoms with van der Waals surface area (Å²) in [6.07, 6.45) is 3.75. The van der Waals surface area contributed by atoms with Crippen LogP contribution >= 0.6 is 11.3 Å². The van der Waals surface area contributed by atoms with Gasteiger partial charge in [0.15, 0.2) is 0 Å². The van der Waals surface area contributed by atoms with Crippen LogP contribution in [0.5, 0.6) is 0 Å². The van der Waals surface area contributed by atoms with Crippen LogP contribution in [0, 0.1) is 0 Å². The molecule has 0 spiro atoms. The number of nitrogens with zero attached hydrogens (tertiary/aromatic N) is 1. The molecule has 1 saturated heterocycles. The topological polar surface area (TPSA) is 51.2 Å². The molecule has 0 bridgehead atoms. The third kappa shape index (κ3) is 3.89. The maximum Gasteiger partial charge on any atom is 0.224 e. The molecule has 0 radical (unpaired) electrons. The van der Waals surface area contributed by atoms with E-state index in [9.17, 15) is 4.79 Å². The molecule has 1 aliphatic heterocycles. The van der Waals surface area contributed by atoms with Crippen molar-refractivity contribution in [3.63, 3.8) is 0 Å². The molecular formula is C20H20N2O2S. The molecular weight excluding hydrogens is 332 g/mol. The van der Waals surface area contributed by atoms with E-state index < -0.39 is 0 Å². The number of thiazole rings is 1. The van der Waals surface area contributed by atoms with Crippen molar-refractivity contribution in [2.45, 2.75) is 31.8 Å². The summed E-state index contributed by atoms with van der Waals surface area (Å²) in [5.41, 5.74) is 2.91. The highest BCUT2D eigenvalue weighted by Gasteiger charge is 2.16. The zero-order valence-corrected chi connectivity index (χ0v) is 14.7. The Balaban J connectivity index is 1.38. The second-order valence-corrected chi connectivity index (χ2v) is 7.32. The standard InChI is InChI=1S/C20H20N2O2S/c23-19(12-11-16-4-3-13-24-16)21-15-9-7-14(8-10-15)20-22-17-5-1-2-6-18(17)25-20/h1-2,5-10,16H,3-4,11-13H2,(H,21,23)/t16-/m1/s1. The molecule has 0 unspecified atom stereocenters. The summed E-state index contributed by atoms with van der Waals surface area (Å²) in [6, 6.07) is 16.0. The number of fused-ring (bicyclic) bond motifs is 1. The van der Waals surface area contributed by atoms with Gasteiger partial charge in [-0.25, -0.2) is 4.98 Å². The molecule has 4 nitrogen and oxygen atoms in total. The average Bonchev–Trinajstić information content (AvgIpc) is 3.30. The molecule has 1 fully saturated rings. The van der Waals surface area contributed by atoms with Gasteiger partial charge in [-0.05, 0) is 55.7 Å². The normalized spacial score (nSPS) is 17.0. The van der Waals surface area contributed by atoms with Crippen molar-refractivity contribution in [2.24, 2.45) is 0 Å². The minimum atomic E-state index is 0.0447. The lowest BCUT2D eigenvalue weighted by Gasteiger charge is -2.09. The van der Waals surface area contributed by atoms with Gasteiger partial charge in [0.25, 0.3) is 0 Å². The van der Waals surface area contributed by atoms with Gasteiger partial charge in [0.05, 0.1) is 16.3 Å². The Hall–Kier alpha value is -2.24. The molecule has 0 saturated carbocycles. The van der Waals surface area contributed by atoms with Crippen LogP contribution in [0.2, 0.25) is 0 Å². The van der Waals surface area contributed by atoms with E-state index >= 15 is 0 Å². The van der Waals surface area contributed by atoms with Crippen LogP contribution in [0.1, 0.15) is 25.7 Å². The molecule has 1 amide bonds. The minimum Gasteiger partial charge on any atom is -0.378 e. The smallest absolute Gasteiger partial charge is 0.224 e. The Morgan fingerprint density at radius 2 is 2.04 bits per heavy atom. The lowest BCUT2D eigenvalue weighted by molar-refractivity contribution is -0.116. The van der Waals surface area contributed by atoms with E-state index in [4.69, 9.17) is 4.74 Å². The molecule has 1 aromatic heterocycles. The number of rotatable bonds is 5. The van der Waals surface area contributed by atoms with Gasteiger partial charge in [-0.3, -0.25) is 4.79 Å². The van der Waals surface area contributed by atoms with E-state index in [0.29, 0.717) is 6.42 Å². The molecule has 5 heteroatoms. The Labute approximate surface area is 150 Å². The first kappa shape index (κ1) is 16.2. The number of carbonyl (C=O) groups is 1. The number of amides is 1. The van der Waals surface area contributed by atoms with Crippen LogP contribution in [-0.2, 0) is 9.53 Å². The first-order valence-electron chi connectivity index (χ1n) is 8.65. The number of ether oxygens (including phenoxy) is 1. The van der Waals surface area contributed by atoms with Gasteiger partial charge >= 0.3 is 0 Å². The molecule has 1 aliphatic rings. The van der Waals surface area contributed by atoms with Crippen LogP contribution in [0.4, 0.5) is 5.69 Å². The number of benzene rings is 2. The summed E-state index contributed by atoms with van der Waals surface area (Å²) >= 11 is 1.68. The zero-order valence-electron chi connectivity index (χ0n) is 13.9. The highest BCUT2D eigenvalue weighted by atomic mass is 32.1. The Kier molecular flexibility index (Phi) is 4.76. The van der Waals surface area contributed by atoms with Gasteiger partial charge in [-0.15, -0.1) is 11.3 Å². The van der Waals surface area contributed by atoms with E-state index in [1.165, 1.54) is 4.70 Å². The van der Waals surface area contributed by atoms with E-state index in [-0.39, 0.29) is 12.0 Å². The summed E-state index contributed by atoms with van der Waals surface area (Å²) in [6.45, 7) is 0.833. The number of carbonyl (C=O) groups excluding carboxylic acids is 1. The third-order valence-electron chi connectivity index (χ3n) is 4.43. The van der Waals surface area contributed by atoms with Crippen molar-refractivity contribution in [2.75, 3.05) is 11.9 Å². The molecule has 3 aromatic rings. The first-order chi connectivity index (χ1) is 12.3. The Bertz CT molecular complexity index is 834. The maximum absolute atomic E-state index is 12.1. The summed E-state index contributed by atoms with van der Waals surface area (Å²) in [5.74, 6) is 0.0447. The van der Waals surface area contributed by atoms with Gasteiger partial charge in [-0.1, -0.05) is 12.1 Å². The first-order valence-corrected chi connectivity index (χ1v) is 9.47. The molecule has 25 heavy (non-hydrogen) atoms. The van der Waals surface area contributed by atoms with Crippen molar-refractivity contribution >= 4 is 33.1 Å². The van der Waals surface area contributed by atoms with Crippen LogP contribution < -0.4 is 5.32 Å². The molecule has 0 aliphatic carbocycles. The van der Waals surface area contributed by atoms with Gasteiger partial charge in [-0.2, -0.15) is 0 Å². The number of hydrogen-bond donors (Lipinski definition) is 1. The van der Waals surface area contributed by atoms with E-state index in [1.54, 1.807) is 11.3 Å². The molecule has 4 rings (SSSR count). The van der Waals surface area contributed by atoms with E-state index in [1.807, 2.05) is 42.5 Å². The Morgan fingerprint density at radius 3 is 2.80 bits per heavy atom. The monoisotopic (exact) mass is 352 g/mol. The fraction of sp³-hybridized carbons (Fsp3) is 0.300. The van der Waals surface area contributed by atoms with Crippen molar-refractivity contribution in [3.8, 4) is 10.6 Å². The SMILES string of the molecule is O=C(CC[C@H]1CCCO1)Nc1ccc(-c2nc3ccccc3s2)cc1. The van der Waals surface area contributed by atoms with Crippen LogP contribution in [0.3, 0.4) is 0 Å². The second-order valence-electron chi connectivity index (χ2n) is 6.29. The lowest BCUT2D eigenvalue weighted by Crippen LogP contribution is -2.15. The van der Waals surface area contributed by atoms with Gasteiger partial charge < -0.3 is 10.1 Å². The van der Waals surface area contributed by atoms with Crippen LogP contribution in [0.15, 0.2) is 48.5 Å². The second kappa shape index (κ2) is 7.33. The fourth-order valence-corrected chi connectivity index (χ4v) is 4.05. The molecule has 1 N–H and O–H groups in total. The quantitative estimate of drug-likeness (QED) is 0.713. The molecule has 2 aromatic carbocycles. The largest absolute Gasteiger partial charge is 0.378 e. The van der Waals surface area contributed by atoms with Crippen molar-refractivity contribution in [3.05, 3.63) is 48.5 Å². The number of hydrogen-bond acceptors (Lipinski definition) is 4. The summed E-state index contributed by atoms with van der Waals surface area (Å²) in [7, 11) is 0.